The van der Waals surface area contributed by atoms with Crippen LogP contribution in [0.5, 0.6) is 0 Å². The smallest absolute Gasteiger partial charge is 0.318 e. The maximum atomic E-state index is 12.0. The standard InChI is InChI=1S/C16H19N3O/c1-11(9-17)19-10-15(18-16(19)20)14-7-6-12-4-2-3-5-13(12)8-14/h2-8,11,15H,9-10,17H2,1H3,(H,18,20). The highest BCUT2D eigenvalue weighted by atomic mass is 16.2. The Morgan fingerprint density at radius 2 is 2.05 bits per heavy atom. The van der Waals surface area contributed by atoms with Crippen molar-refractivity contribution in [1.82, 2.24) is 10.2 Å². The zero-order chi connectivity index (χ0) is 14.1. The maximum Gasteiger partial charge on any atom is 0.318 e. The number of hydrogen-bond acceptors (Lipinski definition) is 2. The Balaban J connectivity index is 1.87. The summed E-state index contributed by atoms with van der Waals surface area (Å²) in [5.74, 6) is 0. The van der Waals surface area contributed by atoms with Crippen molar-refractivity contribution in [2.75, 3.05) is 13.1 Å². The molecular formula is C16H19N3O. The number of nitrogens with one attached hydrogen (secondary N) is 1. The van der Waals surface area contributed by atoms with Gasteiger partial charge in [-0.3, -0.25) is 0 Å². The molecule has 0 radical (unpaired) electrons. The van der Waals surface area contributed by atoms with Crippen LogP contribution in [0.2, 0.25) is 0 Å². The summed E-state index contributed by atoms with van der Waals surface area (Å²) >= 11 is 0. The molecular weight excluding hydrogens is 250 g/mol. The van der Waals surface area contributed by atoms with Crippen LogP contribution in [-0.2, 0) is 0 Å². The Morgan fingerprint density at radius 1 is 1.30 bits per heavy atom. The lowest BCUT2D eigenvalue weighted by Crippen LogP contribution is -2.40. The second-order valence-electron chi connectivity index (χ2n) is 5.35. The summed E-state index contributed by atoms with van der Waals surface area (Å²) in [5, 5.41) is 5.45. The van der Waals surface area contributed by atoms with E-state index in [-0.39, 0.29) is 18.1 Å². The molecule has 4 nitrogen and oxygen atoms in total. The Morgan fingerprint density at radius 3 is 2.80 bits per heavy atom. The van der Waals surface area contributed by atoms with Gasteiger partial charge in [-0.25, -0.2) is 4.79 Å². The van der Waals surface area contributed by atoms with Gasteiger partial charge in [-0.2, -0.15) is 0 Å². The lowest BCUT2D eigenvalue weighted by molar-refractivity contribution is 0.203. The van der Waals surface area contributed by atoms with Gasteiger partial charge in [0.15, 0.2) is 0 Å². The number of rotatable bonds is 3. The van der Waals surface area contributed by atoms with E-state index in [0.29, 0.717) is 13.1 Å². The van der Waals surface area contributed by atoms with E-state index in [9.17, 15) is 4.79 Å². The van der Waals surface area contributed by atoms with Gasteiger partial charge in [0, 0.05) is 19.1 Å². The van der Waals surface area contributed by atoms with Crippen LogP contribution in [0.15, 0.2) is 42.5 Å². The highest BCUT2D eigenvalue weighted by molar-refractivity contribution is 5.84. The SMILES string of the molecule is CC(CN)N1CC(c2ccc3ccccc3c2)NC1=O. The van der Waals surface area contributed by atoms with Gasteiger partial charge in [0.25, 0.3) is 0 Å². The first-order valence-corrected chi connectivity index (χ1v) is 6.95. The van der Waals surface area contributed by atoms with Crippen molar-refractivity contribution in [3.05, 3.63) is 48.0 Å². The van der Waals surface area contributed by atoms with Gasteiger partial charge in [-0.15, -0.1) is 0 Å². The Kier molecular flexibility index (Phi) is 3.32. The quantitative estimate of drug-likeness (QED) is 0.898. The molecule has 3 N–H and O–H groups in total. The predicted octanol–water partition coefficient (Wildman–Crippen LogP) is 2.25. The summed E-state index contributed by atoms with van der Waals surface area (Å²) in [6.07, 6.45) is 0. The van der Waals surface area contributed by atoms with Gasteiger partial charge in [0.2, 0.25) is 0 Å². The minimum Gasteiger partial charge on any atom is -0.329 e. The number of hydrogen-bond donors (Lipinski definition) is 2. The van der Waals surface area contributed by atoms with E-state index in [0.717, 1.165) is 5.56 Å². The lowest BCUT2D eigenvalue weighted by Gasteiger charge is -2.21. The first-order chi connectivity index (χ1) is 9.69. The normalized spacial score (nSPS) is 20.2. The molecule has 1 aliphatic rings. The molecule has 2 amide bonds. The molecule has 3 rings (SSSR count). The summed E-state index contributed by atoms with van der Waals surface area (Å²) in [7, 11) is 0. The highest BCUT2D eigenvalue weighted by Crippen LogP contribution is 2.25. The van der Waals surface area contributed by atoms with E-state index in [4.69, 9.17) is 5.73 Å². The zero-order valence-electron chi connectivity index (χ0n) is 11.5. The van der Waals surface area contributed by atoms with E-state index in [1.165, 1.54) is 10.8 Å². The molecule has 0 aliphatic carbocycles. The summed E-state index contributed by atoms with van der Waals surface area (Å²) in [5.41, 5.74) is 6.79. The van der Waals surface area contributed by atoms with E-state index < -0.39 is 0 Å². The van der Waals surface area contributed by atoms with Crippen molar-refractivity contribution in [1.29, 1.82) is 0 Å². The molecule has 1 saturated heterocycles. The average Bonchev–Trinajstić information content (AvgIpc) is 2.88. The van der Waals surface area contributed by atoms with Gasteiger partial charge in [0.1, 0.15) is 0 Å². The third-order valence-electron chi connectivity index (χ3n) is 3.99. The topological polar surface area (TPSA) is 58.4 Å². The van der Waals surface area contributed by atoms with Crippen molar-refractivity contribution < 1.29 is 4.79 Å². The van der Waals surface area contributed by atoms with Crippen molar-refractivity contribution in [2.45, 2.75) is 19.0 Å². The monoisotopic (exact) mass is 269 g/mol. The number of fused-ring (bicyclic) bond motifs is 1. The fourth-order valence-electron chi connectivity index (χ4n) is 2.68. The summed E-state index contributed by atoms with van der Waals surface area (Å²) in [6, 6.07) is 14.7. The molecule has 20 heavy (non-hydrogen) atoms. The Labute approximate surface area is 118 Å². The Hall–Kier alpha value is -2.07. The first-order valence-electron chi connectivity index (χ1n) is 6.95. The van der Waals surface area contributed by atoms with Crippen molar-refractivity contribution >= 4 is 16.8 Å². The van der Waals surface area contributed by atoms with Crippen LogP contribution in [0, 0.1) is 0 Å². The van der Waals surface area contributed by atoms with Crippen LogP contribution in [0.1, 0.15) is 18.5 Å². The molecule has 2 atom stereocenters. The molecule has 2 unspecified atom stereocenters. The fourth-order valence-corrected chi connectivity index (χ4v) is 2.68. The fraction of sp³-hybridized carbons (Fsp3) is 0.312. The molecule has 1 heterocycles. The zero-order valence-corrected chi connectivity index (χ0v) is 11.5. The number of carbonyl (C=O) groups is 1. The van der Waals surface area contributed by atoms with E-state index in [1.807, 2.05) is 19.1 Å². The number of nitrogens with two attached hydrogens (primary N) is 1. The van der Waals surface area contributed by atoms with E-state index in [1.54, 1.807) is 4.90 Å². The van der Waals surface area contributed by atoms with Crippen molar-refractivity contribution in [3.63, 3.8) is 0 Å². The molecule has 0 aromatic heterocycles. The molecule has 4 heteroatoms. The van der Waals surface area contributed by atoms with Gasteiger partial charge in [-0.1, -0.05) is 36.4 Å². The molecule has 104 valence electrons. The third-order valence-corrected chi connectivity index (χ3v) is 3.99. The molecule has 0 saturated carbocycles. The summed E-state index contributed by atoms with van der Waals surface area (Å²) in [4.78, 5) is 13.8. The van der Waals surface area contributed by atoms with Crippen LogP contribution in [0.25, 0.3) is 10.8 Å². The van der Waals surface area contributed by atoms with Crippen LogP contribution >= 0.6 is 0 Å². The lowest BCUT2D eigenvalue weighted by atomic mass is 10.0. The molecule has 2 aromatic carbocycles. The van der Waals surface area contributed by atoms with Gasteiger partial charge in [-0.05, 0) is 29.3 Å². The highest BCUT2D eigenvalue weighted by Gasteiger charge is 2.32. The number of amides is 2. The maximum absolute atomic E-state index is 12.0. The van der Waals surface area contributed by atoms with Crippen molar-refractivity contribution in [3.8, 4) is 0 Å². The van der Waals surface area contributed by atoms with Gasteiger partial charge < -0.3 is 16.0 Å². The number of carbonyl (C=O) groups excluding carboxylic acids is 1. The summed E-state index contributed by atoms with van der Waals surface area (Å²) < 4.78 is 0. The van der Waals surface area contributed by atoms with Gasteiger partial charge >= 0.3 is 6.03 Å². The molecule has 1 fully saturated rings. The van der Waals surface area contributed by atoms with Crippen LogP contribution < -0.4 is 11.1 Å². The van der Waals surface area contributed by atoms with Crippen LogP contribution in [0.3, 0.4) is 0 Å². The second-order valence-corrected chi connectivity index (χ2v) is 5.35. The van der Waals surface area contributed by atoms with E-state index in [2.05, 4.69) is 35.6 Å². The molecule has 0 bridgehead atoms. The minimum atomic E-state index is -0.0268. The number of urea groups is 1. The van der Waals surface area contributed by atoms with E-state index >= 15 is 0 Å². The van der Waals surface area contributed by atoms with Crippen molar-refractivity contribution in [2.24, 2.45) is 5.73 Å². The average molecular weight is 269 g/mol. The second kappa shape index (κ2) is 5.13. The third kappa shape index (κ3) is 2.23. The molecule has 0 spiro atoms. The summed E-state index contributed by atoms with van der Waals surface area (Å²) in [6.45, 7) is 3.13. The Bertz CT molecular complexity index is 640. The van der Waals surface area contributed by atoms with Crippen LogP contribution in [0.4, 0.5) is 4.79 Å². The largest absolute Gasteiger partial charge is 0.329 e. The van der Waals surface area contributed by atoms with Gasteiger partial charge in [0.05, 0.1) is 6.04 Å². The molecule has 2 aromatic rings. The first kappa shape index (κ1) is 12.9. The van der Waals surface area contributed by atoms with Crippen LogP contribution in [-0.4, -0.2) is 30.1 Å². The number of benzene rings is 2. The predicted molar refractivity (Wildman–Crippen MR) is 80.4 cm³/mol. The number of nitrogens with zero attached hydrogens (tertiary/aromatic N) is 1. The molecule has 1 aliphatic heterocycles. The minimum absolute atomic E-state index is 0.0268.